The number of thiophene rings is 1. The molecule has 0 bridgehead atoms. The first-order valence-corrected chi connectivity index (χ1v) is 6.51. The Hall–Kier alpha value is -1.41. The fourth-order valence-corrected chi connectivity index (χ4v) is 3.30. The third-order valence-corrected chi connectivity index (χ3v) is 4.01. The molecule has 1 aromatic carbocycles. The van der Waals surface area contributed by atoms with Crippen molar-refractivity contribution in [3.63, 3.8) is 0 Å². The first-order chi connectivity index (χ1) is 7.90. The molecule has 2 heteroatoms. The van der Waals surface area contributed by atoms with Gasteiger partial charge in [-0.15, -0.1) is 11.3 Å². The van der Waals surface area contributed by atoms with Gasteiger partial charge in [-0.05, 0) is 23.6 Å². The van der Waals surface area contributed by atoms with Gasteiger partial charge in [-0.25, -0.2) is 0 Å². The van der Waals surface area contributed by atoms with Crippen LogP contribution in [0.15, 0.2) is 28.7 Å². The Morgan fingerprint density at radius 3 is 3.06 bits per heavy atom. The minimum Gasteiger partial charge on any atom is -0.264 e. The second kappa shape index (κ2) is 3.87. The molecule has 0 radical (unpaired) electrons. The Morgan fingerprint density at radius 2 is 2.19 bits per heavy atom. The van der Waals surface area contributed by atoms with Crippen molar-refractivity contribution in [1.29, 1.82) is 0 Å². The summed E-state index contributed by atoms with van der Waals surface area (Å²) in [6.07, 6.45) is 8.29. The van der Waals surface area contributed by atoms with Gasteiger partial charge in [-0.1, -0.05) is 25.5 Å². The lowest BCUT2D eigenvalue weighted by molar-refractivity contribution is 0.931. The molecule has 1 aliphatic rings. The van der Waals surface area contributed by atoms with Gasteiger partial charge >= 0.3 is 0 Å². The van der Waals surface area contributed by atoms with Gasteiger partial charge in [0.15, 0.2) is 0 Å². The molecule has 0 unspecified atom stereocenters. The van der Waals surface area contributed by atoms with E-state index in [0.29, 0.717) is 0 Å². The molecule has 2 aromatic rings. The van der Waals surface area contributed by atoms with Crippen molar-refractivity contribution in [2.45, 2.75) is 19.8 Å². The summed E-state index contributed by atoms with van der Waals surface area (Å²) < 4.78 is 1.44. The van der Waals surface area contributed by atoms with E-state index in [9.17, 15) is 0 Å². The smallest absolute Gasteiger partial charge is 0.0387 e. The largest absolute Gasteiger partial charge is 0.264 e. The van der Waals surface area contributed by atoms with E-state index < -0.39 is 0 Å². The van der Waals surface area contributed by atoms with Crippen molar-refractivity contribution in [3.05, 3.63) is 40.4 Å². The van der Waals surface area contributed by atoms with Gasteiger partial charge in [0.05, 0.1) is 0 Å². The van der Waals surface area contributed by atoms with Gasteiger partial charge in [0, 0.05) is 33.4 Å². The number of aryl methyl sites for hydroxylation is 1. The molecule has 0 amide bonds. The summed E-state index contributed by atoms with van der Waals surface area (Å²) in [7, 11) is 0. The van der Waals surface area contributed by atoms with Crippen LogP contribution in [-0.2, 0) is 6.42 Å². The van der Waals surface area contributed by atoms with Crippen molar-refractivity contribution in [2.75, 3.05) is 0 Å². The third-order valence-electron chi connectivity index (χ3n) is 2.94. The van der Waals surface area contributed by atoms with E-state index >= 15 is 0 Å². The van der Waals surface area contributed by atoms with Gasteiger partial charge in [0.25, 0.3) is 0 Å². The van der Waals surface area contributed by atoms with Crippen LogP contribution in [0.2, 0.25) is 0 Å². The molecular formula is C14H13NS. The average molecular weight is 227 g/mol. The zero-order valence-corrected chi connectivity index (χ0v) is 10.1. The molecule has 1 aliphatic heterocycles. The fraction of sp³-hybridized carbons (Fsp3) is 0.214. The van der Waals surface area contributed by atoms with E-state index in [1.54, 1.807) is 0 Å². The summed E-state index contributed by atoms with van der Waals surface area (Å²) in [5, 5.41) is 3.59. The van der Waals surface area contributed by atoms with Crippen LogP contribution in [0.3, 0.4) is 0 Å². The van der Waals surface area contributed by atoms with Crippen LogP contribution in [0, 0.1) is 0 Å². The van der Waals surface area contributed by atoms with E-state index in [2.05, 4.69) is 35.5 Å². The highest BCUT2D eigenvalue weighted by Gasteiger charge is 2.11. The second-order valence-electron chi connectivity index (χ2n) is 4.05. The number of aliphatic imine (C=N–C) groups is 1. The average Bonchev–Trinajstić information content (AvgIpc) is 2.61. The third kappa shape index (κ3) is 1.41. The van der Waals surface area contributed by atoms with Gasteiger partial charge in [0.1, 0.15) is 0 Å². The number of nitrogens with zero attached hydrogens (tertiary/aromatic N) is 1. The van der Waals surface area contributed by atoms with E-state index in [0.717, 1.165) is 6.42 Å². The van der Waals surface area contributed by atoms with Crippen molar-refractivity contribution in [2.24, 2.45) is 4.99 Å². The molecule has 3 rings (SSSR count). The minimum atomic E-state index is 1.16. The summed E-state index contributed by atoms with van der Waals surface area (Å²) in [6.45, 7) is 2.23. The summed E-state index contributed by atoms with van der Waals surface area (Å²) in [5.74, 6) is 0. The molecule has 0 atom stereocenters. The Labute approximate surface area is 99.1 Å². The zero-order chi connectivity index (χ0) is 11.0. The molecule has 0 saturated heterocycles. The van der Waals surface area contributed by atoms with Crippen LogP contribution in [0.25, 0.3) is 16.2 Å². The van der Waals surface area contributed by atoms with Crippen molar-refractivity contribution in [3.8, 4) is 0 Å². The summed E-state index contributed by atoms with van der Waals surface area (Å²) in [6, 6.07) is 4.48. The lowest BCUT2D eigenvalue weighted by atomic mass is 10.0. The van der Waals surface area contributed by atoms with Gasteiger partial charge in [0.2, 0.25) is 0 Å². The maximum atomic E-state index is 4.26. The Bertz CT molecular complexity index is 590. The highest BCUT2D eigenvalue weighted by Crippen LogP contribution is 2.33. The van der Waals surface area contributed by atoms with Crippen LogP contribution in [-0.4, -0.2) is 6.21 Å². The molecule has 0 saturated carbocycles. The molecule has 2 heterocycles. The van der Waals surface area contributed by atoms with Crippen molar-refractivity contribution in [1.82, 2.24) is 0 Å². The van der Waals surface area contributed by atoms with Crippen molar-refractivity contribution < 1.29 is 0 Å². The fourth-order valence-electron chi connectivity index (χ4n) is 2.20. The molecule has 0 N–H and O–H groups in total. The number of hydrogen-bond acceptors (Lipinski definition) is 2. The molecule has 16 heavy (non-hydrogen) atoms. The zero-order valence-electron chi connectivity index (χ0n) is 9.23. The molecule has 0 aliphatic carbocycles. The van der Waals surface area contributed by atoms with Gasteiger partial charge in [-0.2, -0.15) is 0 Å². The predicted octanol–water partition coefficient (Wildman–Crippen LogP) is 4.26. The normalized spacial score (nSPS) is 13.3. The van der Waals surface area contributed by atoms with E-state index in [4.69, 9.17) is 0 Å². The molecule has 80 valence electrons. The summed E-state index contributed by atoms with van der Waals surface area (Å²) >= 11 is 1.84. The van der Waals surface area contributed by atoms with Crippen LogP contribution < -0.4 is 0 Å². The molecule has 1 nitrogen and oxygen atoms in total. The van der Waals surface area contributed by atoms with Gasteiger partial charge in [-0.3, -0.25) is 4.99 Å². The molecule has 0 spiro atoms. The molecule has 0 fully saturated rings. The minimum absolute atomic E-state index is 1.16. The van der Waals surface area contributed by atoms with Crippen LogP contribution in [0.5, 0.6) is 0 Å². The predicted molar refractivity (Wildman–Crippen MR) is 72.4 cm³/mol. The molecule has 1 aromatic heterocycles. The van der Waals surface area contributed by atoms with E-state index in [1.807, 2.05) is 23.8 Å². The molecular weight excluding hydrogens is 214 g/mol. The van der Waals surface area contributed by atoms with Crippen LogP contribution in [0.1, 0.15) is 30.0 Å². The van der Waals surface area contributed by atoms with Crippen LogP contribution in [0.4, 0.5) is 0 Å². The van der Waals surface area contributed by atoms with Crippen molar-refractivity contribution >= 4 is 33.7 Å². The first-order valence-electron chi connectivity index (χ1n) is 5.63. The van der Waals surface area contributed by atoms with E-state index in [1.165, 1.54) is 33.2 Å². The summed E-state index contributed by atoms with van der Waals surface area (Å²) in [4.78, 5) is 4.26. The number of hydrogen-bond donors (Lipinski definition) is 0. The Morgan fingerprint density at radius 1 is 1.25 bits per heavy atom. The number of rotatable bonds is 2. The highest BCUT2D eigenvalue weighted by molar-refractivity contribution is 7.17. The lowest BCUT2D eigenvalue weighted by Gasteiger charge is -2.04. The quantitative estimate of drug-likeness (QED) is 0.727. The van der Waals surface area contributed by atoms with Gasteiger partial charge < -0.3 is 0 Å². The highest BCUT2D eigenvalue weighted by atomic mass is 32.1. The van der Waals surface area contributed by atoms with Crippen LogP contribution >= 0.6 is 11.3 Å². The monoisotopic (exact) mass is 227 g/mol. The lowest BCUT2D eigenvalue weighted by Crippen LogP contribution is -1.86. The topological polar surface area (TPSA) is 12.4 Å². The first kappa shape index (κ1) is 9.79. The summed E-state index contributed by atoms with van der Waals surface area (Å²) in [5.41, 5.74) is 4.03. The maximum Gasteiger partial charge on any atom is 0.0387 e. The Kier molecular flexibility index (Phi) is 2.37. The maximum absolute atomic E-state index is 4.26. The van der Waals surface area contributed by atoms with E-state index in [-0.39, 0.29) is 0 Å². The standard InChI is InChI=1S/C14H13NS/c1-2-3-11-5-4-10-6-7-15-8-12-9-16-14(11)13(10)12/h4-9H,2-3H2,1H3. The number of benzene rings is 1. The SMILES string of the molecule is CCCc1ccc2c3c(csc13)C=NC=C2. The Balaban J connectivity index is 2.34. The second-order valence-corrected chi connectivity index (χ2v) is 4.93.